The van der Waals surface area contributed by atoms with Gasteiger partial charge in [0, 0.05) is 34.9 Å². The predicted octanol–water partition coefficient (Wildman–Crippen LogP) is 5.00. The van der Waals surface area contributed by atoms with Crippen LogP contribution in [-0.2, 0) is 4.79 Å². The molecular weight excluding hydrogens is 459 g/mol. The molecule has 3 aromatic heterocycles. The Morgan fingerprint density at radius 3 is 2.64 bits per heavy atom. The highest BCUT2D eigenvalue weighted by atomic mass is 19.1. The summed E-state index contributed by atoms with van der Waals surface area (Å²) in [6, 6.07) is 10.6. The Balaban J connectivity index is 1.56. The third-order valence-corrected chi connectivity index (χ3v) is 7.73. The highest BCUT2D eigenvalue weighted by Gasteiger charge is 2.47. The molecule has 9 heteroatoms. The Morgan fingerprint density at radius 1 is 1.17 bits per heavy atom. The van der Waals surface area contributed by atoms with E-state index in [4.69, 9.17) is 0 Å². The molecule has 0 saturated heterocycles. The number of nitriles is 1. The number of fused-ring (bicyclic) bond motifs is 4. The minimum absolute atomic E-state index is 0.0437. The average molecular weight is 483 g/mol. The molecule has 1 aromatic carbocycles. The molecular formula is C27H23FN6O2. The number of halogens is 1. The Morgan fingerprint density at radius 2 is 1.92 bits per heavy atom. The summed E-state index contributed by atoms with van der Waals surface area (Å²) < 4.78 is 16.2. The largest absolute Gasteiger partial charge is 0.481 e. The molecule has 3 heterocycles. The van der Waals surface area contributed by atoms with Crippen molar-refractivity contribution in [3.05, 3.63) is 60.4 Å². The monoisotopic (exact) mass is 482 g/mol. The Labute approximate surface area is 206 Å². The fraction of sp³-hybridized carbons (Fsp3) is 0.296. The van der Waals surface area contributed by atoms with Crippen LogP contribution in [0.2, 0.25) is 0 Å². The second-order valence-electron chi connectivity index (χ2n) is 9.55. The number of carboxylic acids is 1. The van der Waals surface area contributed by atoms with Gasteiger partial charge in [0.2, 0.25) is 0 Å². The van der Waals surface area contributed by atoms with Gasteiger partial charge in [-0.05, 0) is 43.1 Å². The molecule has 0 spiro atoms. The lowest BCUT2D eigenvalue weighted by Crippen LogP contribution is -2.51. The number of H-pyrrole nitrogens is 1. The van der Waals surface area contributed by atoms with Crippen LogP contribution in [0.4, 0.5) is 10.2 Å². The Kier molecular flexibility index (Phi) is 5.37. The zero-order valence-corrected chi connectivity index (χ0v) is 19.3. The molecule has 8 nitrogen and oxygen atoms in total. The van der Waals surface area contributed by atoms with E-state index in [0.29, 0.717) is 22.2 Å². The third-order valence-electron chi connectivity index (χ3n) is 7.73. The van der Waals surface area contributed by atoms with Crippen molar-refractivity contribution in [2.75, 3.05) is 5.32 Å². The van der Waals surface area contributed by atoms with Crippen molar-refractivity contribution in [2.45, 2.75) is 31.7 Å². The quantitative estimate of drug-likeness (QED) is 0.365. The van der Waals surface area contributed by atoms with E-state index in [-0.39, 0.29) is 34.5 Å². The molecule has 3 aliphatic rings. The first kappa shape index (κ1) is 22.2. The van der Waals surface area contributed by atoms with E-state index in [0.717, 1.165) is 25.7 Å². The van der Waals surface area contributed by atoms with Crippen LogP contribution in [0.15, 0.2) is 49.1 Å². The summed E-state index contributed by atoms with van der Waals surface area (Å²) in [6.07, 6.45) is 8.28. The lowest BCUT2D eigenvalue weighted by atomic mass is 9.61. The SMILES string of the molecule is N#Cc1c(-c2c[nH]c3ncncc23)nc(N[C@H]2C3CCC(CC3)[C@@H]2C(=O)O)c(F)c1-c1ccccc1. The molecule has 0 radical (unpaired) electrons. The van der Waals surface area contributed by atoms with Crippen molar-refractivity contribution < 1.29 is 14.3 Å². The van der Waals surface area contributed by atoms with Gasteiger partial charge >= 0.3 is 5.97 Å². The first-order valence-electron chi connectivity index (χ1n) is 12.0. The van der Waals surface area contributed by atoms with Crippen LogP contribution >= 0.6 is 0 Å². The van der Waals surface area contributed by atoms with Crippen molar-refractivity contribution >= 4 is 22.8 Å². The molecule has 3 fully saturated rings. The number of anilines is 1. The number of carboxylic acid groups (broad SMARTS) is 1. The number of hydrogen-bond acceptors (Lipinski definition) is 6. The van der Waals surface area contributed by atoms with Gasteiger partial charge < -0.3 is 15.4 Å². The van der Waals surface area contributed by atoms with E-state index in [1.54, 1.807) is 36.7 Å². The number of benzene rings is 1. The number of aliphatic carboxylic acids is 1. The number of hydrogen-bond donors (Lipinski definition) is 3. The maximum atomic E-state index is 16.2. The fourth-order valence-corrected chi connectivity index (χ4v) is 6.06. The lowest BCUT2D eigenvalue weighted by molar-refractivity contribution is -0.148. The maximum Gasteiger partial charge on any atom is 0.308 e. The lowest BCUT2D eigenvalue weighted by Gasteiger charge is -2.47. The smallest absolute Gasteiger partial charge is 0.308 e. The van der Waals surface area contributed by atoms with Crippen LogP contribution in [-0.4, -0.2) is 37.1 Å². The zero-order valence-electron chi connectivity index (χ0n) is 19.3. The summed E-state index contributed by atoms with van der Waals surface area (Å²) >= 11 is 0. The normalized spacial score (nSPS) is 22.9. The van der Waals surface area contributed by atoms with Crippen LogP contribution in [0.1, 0.15) is 31.2 Å². The van der Waals surface area contributed by atoms with Gasteiger partial charge in [-0.3, -0.25) is 4.79 Å². The van der Waals surface area contributed by atoms with Gasteiger partial charge in [0.1, 0.15) is 18.0 Å². The summed E-state index contributed by atoms with van der Waals surface area (Å²) in [6.45, 7) is 0. The number of aromatic amines is 1. The summed E-state index contributed by atoms with van der Waals surface area (Å²) in [5, 5.41) is 24.0. The molecule has 180 valence electrons. The van der Waals surface area contributed by atoms with Crippen LogP contribution < -0.4 is 5.32 Å². The molecule has 0 aliphatic heterocycles. The molecule has 2 bridgehead atoms. The highest BCUT2D eigenvalue weighted by molar-refractivity contribution is 5.95. The summed E-state index contributed by atoms with van der Waals surface area (Å²) in [7, 11) is 0. The summed E-state index contributed by atoms with van der Waals surface area (Å²) in [5.74, 6) is -2.00. The van der Waals surface area contributed by atoms with E-state index < -0.39 is 23.7 Å². The second-order valence-corrected chi connectivity index (χ2v) is 9.55. The van der Waals surface area contributed by atoms with E-state index >= 15 is 4.39 Å². The molecule has 0 unspecified atom stereocenters. The molecule has 7 rings (SSSR count). The first-order valence-corrected chi connectivity index (χ1v) is 12.0. The van der Waals surface area contributed by atoms with Crippen LogP contribution in [0, 0.1) is 34.9 Å². The van der Waals surface area contributed by atoms with Gasteiger partial charge in [-0.1, -0.05) is 30.3 Å². The molecule has 4 aromatic rings. The van der Waals surface area contributed by atoms with Crippen LogP contribution in [0.5, 0.6) is 0 Å². The van der Waals surface area contributed by atoms with Crippen LogP contribution in [0.25, 0.3) is 33.4 Å². The van der Waals surface area contributed by atoms with Crippen molar-refractivity contribution in [2.24, 2.45) is 17.8 Å². The van der Waals surface area contributed by atoms with E-state index in [2.05, 4.69) is 31.3 Å². The van der Waals surface area contributed by atoms with Gasteiger partial charge in [-0.15, -0.1) is 0 Å². The van der Waals surface area contributed by atoms with Gasteiger partial charge in [-0.2, -0.15) is 5.26 Å². The highest BCUT2D eigenvalue weighted by Crippen LogP contribution is 2.47. The van der Waals surface area contributed by atoms with Crippen molar-refractivity contribution in [3.63, 3.8) is 0 Å². The first-order chi connectivity index (χ1) is 17.6. The minimum Gasteiger partial charge on any atom is -0.481 e. The number of rotatable bonds is 5. The molecule has 2 atom stereocenters. The van der Waals surface area contributed by atoms with E-state index in [1.807, 2.05) is 6.07 Å². The molecule has 3 saturated carbocycles. The van der Waals surface area contributed by atoms with Crippen molar-refractivity contribution in [1.82, 2.24) is 19.9 Å². The zero-order chi connectivity index (χ0) is 24.8. The van der Waals surface area contributed by atoms with Gasteiger partial charge in [0.25, 0.3) is 0 Å². The third kappa shape index (κ3) is 3.49. The van der Waals surface area contributed by atoms with Crippen molar-refractivity contribution in [1.29, 1.82) is 5.26 Å². The average Bonchev–Trinajstić information content (AvgIpc) is 3.34. The van der Waals surface area contributed by atoms with Gasteiger partial charge in [0.05, 0.1) is 17.2 Å². The summed E-state index contributed by atoms with van der Waals surface area (Å²) in [4.78, 5) is 28.2. The molecule has 3 N–H and O–H groups in total. The van der Waals surface area contributed by atoms with Gasteiger partial charge in [0.15, 0.2) is 11.6 Å². The number of pyridine rings is 1. The molecule has 0 amide bonds. The van der Waals surface area contributed by atoms with Crippen molar-refractivity contribution in [3.8, 4) is 28.5 Å². The number of nitrogens with one attached hydrogen (secondary N) is 2. The van der Waals surface area contributed by atoms with E-state index in [1.165, 1.54) is 6.33 Å². The number of carbonyl (C=O) groups is 1. The molecule has 36 heavy (non-hydrogen) atoms. The second kappa shape index (κ2) is 8.72. The van der Waals surface area contributed by atoms with Crippen LogP contribution in [0.3, 0.4) is 0 Å². The predicted molar refractivity (Wildman–Crippen MR) is 131 cm³/mol. The topological polar surface area (TPSA) is 128 Å². The molecule has 3 aliphatic carbocycles. The standard InChI is InChI=1S/C27H23FN6O2/c28-22-20(14-4-2-1-3-5-14)17(10-29)24(18-12-31-25-19(18)11-30-13-32-25)34-26(22)33-23-16-8-6-15(7-9-16)21(23)27(35)36/h1-5,11-13,15-16,21,23H,6-9H2,(H,33,34)(H,35,36)(H,30,31,32)/t15?,16?,21-,23-/m0/s1. The number of aromatic nitrogens is 4. The fourth-order valence-electron chi connectivity index (χ4n) is 6.06. The minimum atomic E-state index is -0.867. The van der Waals surface area contributed by atoms with E-state index in [9.17, 15) is 15.2 Å². The maximum absolute atomic E-state index is 16.2. The number of nitrogens with zero attached hydrogens (tertiary/aromatic N) is 4. The Bertz CT molecular complexity index is 1500. The van der Waals surface area contributed by atoms with Gasteiger partial charge in [-0.25, -0.2) is 19.3 Å². The summed E-state index contributed by atoms with van der Waals surface area (Å²) in [5.41, 5.74) is 2.19. The Hall–Kier alpha value is -4.32.